The molecule has 0 spiro atoms. The Morgan fingerprint density at radius 3 is 2.84 bits per heavy atom. The number of carbonyl (C=O) groups excluding carboxylic acids is 2. The van der Waals surface area contributed by atoms with Gasteiger partial charge in [0.25, 0.3) is 5.91 Å². The van der Waals surface area contributed by atoms with Crippen molar-refractivity contribution in [2.75, 3.05) is 26.3 Å². The molecule has 7 heteroatoms. The van der Waals surface area contributed by atoms with Crippen molar-refractivity contribution in [2.45, 2.75) is 13.0 Å². The van der Waals surface area contributed by atoms with Gasteiger partial charge in [0, 0.05) is 18.0 Å². The summed E-state index contributed by atoms with van der Waals surface area (Å²) in [4.78, 5) is 27.8. The van der Waals surface area contributed by atoms with Gasteiger partial charge in [-0.25, -0.2) is 0 Å². The Labute approximate surface area is 149 Å². The number of fused-ring (bicyclic) bond motifs is 1. The molecule has 0 aliphatic carbocycles. The summed E-state index contributed by atoms with van der Waals surface area (Å²) in [6, 6.07) is 9.09. The third kappa shape index (κ3) is 2.95. The fraction of sp³-hybridized carbons (Fsp3) is 0.333. The van der Waals surface area contributed by atoms with Gasteiger partial charge in [-0.05, 0) is 42.8 Å². The topological polar surface area (TPSA) is 67.9 Å². The van der Waals surface area contributed by atoms with Crippen LogP contribution in [0.5, 0.6) is 11.5 Å². The van der Waals surface area contributed by atoms with Crippen LogP contribution < -0.4 is 14.8 Å². The first kappa shape index (κ1) is 16.0. The third-order valence-electron chi connectivity index (χ3n) is 4.40. The predicted molar refractivity (Wildman–Crippen MR) is 94.3 cm³/mol. The van der Waals surface area contributed by atoms with Gasteiger partial charge in [-0.3, -0.25) is 9.59 Å². The molecule has 2 aromatic rings. The molecule has 0 radical (unpaired) electrons. The van der Waals surface area contributed by atoms with E-state index in [0.717, 1.165) is 21.9 Å². The minimum Gasteiger partial charge on any atom is -0.486 e. The Morgan fingerprint density at radius 2 is 2.00 bits per heavy atom. The number of carbonyl (C=O) groups is 2. The van der Waals surface area contributed by atoms with Gasteiger partial charge in [-0.1, -0.05) is 0 Å². The number of nitrogens with one attached hydrogen (secondary N) is 1. The first-order chi connectivity index (χ1) is 12.1. The van der Waals surface area contributed by atoms with E-state index in [1.165, 1.54) is 11.3 Å². The molecule has 2 amide bonds. The van der Waals surface area contributed by atoms with E-state index in [0.29, 0.717) is 31.2 Å². The van der Waals surface area contributed by atoms with E-state index in [1.807, 2.05) is 30.3 Å². The predicted octanol–water partition coefficient (Wildman–Crippen LogP) is 2.15. The summed E-state index contributed by atoms with van der Waals surface area (Å²) in [6.45, 7) is 3.88. The van der Waals surface area contributed by atoms with Crippen LogP contribution >= 0.6 is 11.3 Å². The minimum absolute atomic E-state index is 0.101. The minimum atomic E-state index is -0.443. The smallest absolute Gasteiger partial charge is 0.264 e. The van der Waals surface area contributed by atoms with Gasteiger partial charge in [0.05, 0.1) is 4.88 Å². The average molecular weight is 358 g/mol. The first-order valence-corrected chi connectivity index (χ1v) is 9.03. The molecule has 2 aliphatic heterocycles. The highest BCUT2D eigenvalue weighted by Gasteiger charge is 2.30. The van der Waals surface area contributed by atoms with Crippen LogP contribution in [0.25, 0.3) is 10.4 Å². The van der Waals surface area contributed by atoms with Crippen molar-refractivity contribution in [3.8, 4) is 21.9 Å². The molecule has 130 valence electrons. The van der Waals surface area contributed by atoms with E-state index >= 15 is 0 Å². The number of hydrogen-bond donors (Lipinski definition) is 1. The molecular weight excluding hydrogens is 340 g/mol. The largest absolute Gasteiger partial charge is 0.486 e. The zero-order valence-electron chi connectivity index (χ0n) is 13.8. The maximum Gasteiger partial charge on any atom is 0.264 e. The zero-order valence-corrected chi connectivity index (χ0v) is 14.6. The molecule has 4 rings (SSSR count). The van der Waals surface area contributed by atoms with Crippen LogP contribution in [0, 0.1) is 0 Å². The van der Waals surface area contributed by atoms with Gasteiger partial charge in [-0.15, -0.1) is 11.3 Å². The number of rotatable bonds is 2. The monoisotopic (exact) mass is 358 g/mol. The fourth-order valence-corrected chi connectivity index (χ4v) is 3.96. The molecule has 0 bridgehead atoms. The summed E-state index contributed by atoms with van der Waals surface area (Å²) in [6.07, 6.45) is 0. The van der Waals surface area contributed by atoms with Gasteiger partial charge in [-0.2, -0.15) is 0 Å². The summed E-state index contributed by atoms with van der Waals surface area (Å²) >= 11 is 1.42. The maximum absolute atomic E-state index is 12.7. The van der Waals surface area contributed by atoms with Crippen molar-refractivity contribution in [1.29, 1.82) is 0 Å². The highest BCUT2D eigenvalue weighted by atomic mass is 32.1. The van der Waals surface area contributed by atoms with Gasteiger partial charge in [0.1, 0.15) is 19.3 Å². The standard InChI is InChI=1S/C18H18N2O4S/c1-11-17(21)19-6-7-20(11)18(22)16-5-4-15(25-16)12-2-3-13-14(10-12)24-9-8-23-13/h2-5,10-11H,6-9H2,1H3,(H,19,21). The van der Waals surface area contributed by atoms with E-state index < -0.39 is 6.04 Å². The van der Waals surface area contributed by atoms with Crippen molar-refractivity contribution < 1.29 is 19.1 Å². The average Bonchev–Trinajstić information content (AvgIpc) is 3.13. The number of nitrogens with zero attached hydrogens (tertiary/aromatic N) is 1. The quantitative estimate of drug-likeness (QED) is 0.893. The summed E-state index contributed by atoms with van der Waals surface area (Å²) in [5.74, 6) is 1.27. The maximum atomic E-state index is 12.7. The van der Waals surface area contributed by atoms with Crippen LogP contribution in [0.15, 0.2) is 30.3 Å². The summed E-state index contributed by atoms with van der Waals surface area (Å²) in [7, 11) is 0. The molecule has 2 aliphatic rings. The van der Waals surface area contributed by atoms with E-state index in [9.17, 15) is 9.59 Å². The molecular formula is C18H18N2O4S. The lowest BCUT2D eigenvalue weighted by Gasteiger charge is -2.32. The number of amides is 2. The van der Waals surface area contributed by atoms with E-state index in [4.69, 9.17) is 9.47 Å². The van der Waals surface area contributed by atoms with Crippen LogP contribution in [-0.2, 0) is 4.79 Å². The molecule has 25 heavy (non-hydrogen) atoms. The van der Waals surface area contributed by atoms with Gasteiger partial charge < -0.3 is 19.7 Å². The molecule has 1 aromatic heterocycles. The van der Waals surface area contributed by atoms with Gasteiger partial charge >= 0.3 is 0 Å². The number of hydrogen-bond acceptors (Lipinski definition) is 5. The van der Waals surface area contributed by atoms with E-state index in [2.05, 4.69) is 5.32 Å². The van der Waals surface area contributed by atoms with Crippen molar-refractivity contribution in [3.63, 3.8) is 0 Å². The summed E-state index contributed by atoms with van der Waals surface area (Å²) < 4.78 is 11.2. The van der Waals surface area contributed by atoms with Crippen LogP contribution in [-0.4, -0.2) is 49.1 Å². The highest BCUT2D eigenvalue weighted by Crippen LogP contribution is 2.37. The number of ether oxygens (including phenoxy) is 2. The normalized spacial score (nSPS) is 19.5. The highest BCUT2D eigenvalue weighted by molar-refractivity contribution is 7.17. The second-order valence-corrected chi connectivity index (χ2v) is 7.07. The fourth-order valence-electron chi connectivity index (χ4n) is 3.01. The molecule has 1 fully saturated rings. The molecule has 3 heterocycles. The Kier molecular flexibility index (Phi) is 4.09. The van der Waals surface area contributed by atoms with Crippen LogP contribution in [0.2, 0.25) is 0 Å². The molecule has 0 saturated carbocycles. The SMILES string of the molecule is CC1C(=O)NCCN1C(=O)c1ccc(-c2ccc3c(c2)OCCO3)s1. The second-order valence-electron chi connectivity index (χ2n) is 5.99. The zero-order chi connectivity index (χ0) is 17.4. The molecule has 1 N–H and O–H groups in total. The first-order valence-electron chi connectivity index (χ1n) is 8.22. The summed E-state index contributed by atoms with van der Waals surface area (Å²) in [5, 5.41) is 2.77. The number of piperazine rings is 1. The second kappa shape index (κ2) is 6.40. The lowest BCUT2D eigenvalue weighted by molar-refractivity contribution is -0.127. The van der Waals surface area contributed by atoms with Crippen molar-refractivity contribution >= 4 is 23.2 Å². The van der Waals surface area contributed by atoms with Crippen molar-refractivity contribution in [1.82, 2.24) is 10.2 Å². The lowest BCUT2D eigenvalue weighted by atomic mass is 10.1. The number of thiophene rings is 1. The third-order valence-corrected chi connectivity index (χ3v) is 5.53. The van der Waals surface area contributed by atoms with Crippen molar-refractivity contribution in [3.05, 3.63) is 35.2 Å². The van der Waals surface area contributed by atoms with Crippen LogP contribution in [0.1, 0.15) is 16.6 Å². The molecule has 1 unspecified atom stereocenters. The van der Waals surface area contributed by atoms with Crippen LogP contribution in [0.4, 0.5) is 0 Å². The Hall–Kier alpha value is -2.54. The van der Waals surface area contributed by atoms with Gasteiger partial charge in [0.2, 0.25) is 5.91 Å². The van der Waals surface area contributed by atoms with Crippen molar-refractivity contribution in [2.24, 2.45) is 0 Å². The molecule has 1 saturated heterocycles. The molecule has 6 nitrogen and oxygen atoms in total. The Balaban J connectivity index is 1.58. The Morgan fingerprint density at radius 1 is 1.20 bits per heavy atom. The number of benzene rings is 1. The lowest BCUT2D eigenvalue weighted by Crippen LogP contribution is -2.55. The van der Waals surface area contributed by atoms with E-state index in [1.54, 1.807) is 11.8 Å². The summed E-state index contributed by atoms with van der Waals surface area (Å²) in [5.41, 5.74) is 0.984. The Bertz CT molecular complexity index is 832. The van der Waals surface area contributed by atoms with Crippen LogP contribution in [0.3, 0.4) is 0 Å². The molecule has 1 aromatic carbocycles. The molecule has 1 atom stereocenters. The van der Waals surface area contributed by atoms with E-state index in [-0.39, 0.29) is 11.8 Å². The van der Waals surface area contributed by atoms with Gasteiger partial charge in [0.15, 0.2) is 11.5 Å².